The molecule has 14 heavy (non-hydrogen) atoms. The number of rotatable bonds is 3. The van der Waals surface area contributed by atoms with Gasteiger partial charge in [-0.3, -0.25) is 0 Å². The van der Waals surface area contributed by atoms with Gasteiger partial charge in [0, 0.05) is 12.6 Å². The van der Waals surface area contributed by atoms with E-state index in [1.165, 1.54) is 44.9 Å². The van der Waals surface area contributed by atoms with E-state index in [2.05, 4.69) is 12.4 Å². The van der Waals surface area contributed by atoms with Crippen molar-refractivity contribution in [2.24, 2.45) is 5.92 Å². The highest BCUT2D eigenvalue weighted by Crippen LogP contribution is 2.31. The second-order valence-corrected chi connectivity index (χ2v) is 4.89. The summed E-state index contributed by atoms with van der Waals surface area (Å²) in [4.78, 5) is 0. The molecule has 2 heteroatoms. The first-order chi connectivity index (χ1) is 6.88. The van der Waals surface area contributed by atoms with E-state index < -0.39 is 0 Å². The summed E-state index contributed by atoms with van der Waals surface area (Å²) in [5, 5.41) is 3.38. The van der Waals surface area contributed by atoms with Gasteiger partial charge in [-0.05, 0) is 32.2 Å². The highest BCUT2D eigenvalue weighted by Gasteiger charge is 2.25. The molecule has 82 valence electrons. The standard InChI is InChI=1S/C12H23NO/c1-13-11-6-7-14-12(9-11)8-10-4-2-3-5-10/h10-13H,2-9H2,1H3. The van der Waals surface area contributed by atoms with Gasteiger partial charge in [-0.1, -0.05) is 25.7 Å². The van der Waals surface area contributed by atoms with E-state index >= 15 is 0 Å². The average Bonchev–Trinajstić information content (AvgIpc) is 2.71. The number of ether oxygens (including phenoxy) is 1. The Labute approximate surface area is 87.4 Å². The quantitative estimate of drug-likeness (QED) is 0.750. The van der Waals surface area contributed by atoms with Gasteiger partial charge in [0.1, 0.15) is 0 Å². The summed E-state index contributed by atoms with van der Waals surface area (Å²) in [6, 6.07) is 0.704. The van der Waals surface area contributed by atoms with Gasteiger partial charge in [-0.15, -0.1) is 0 Å². The van der Waals surface area contributed by atoms with Crippen LogP contribution in [-0.4, -0.2) is 25.8 Å². The molecule has 0 radical (unpaired) electrons. The van der Waals surface area contributed by atoms with E-state index in [0.717, 1.165) is 12.5 Å². The van der Waals surface area contributed by atoms with Crippen LogP contribution in [0.1, 0.15) is 44.9 Å². The number of hydrogen-bond acceptors (Lipinski definition) is 2. The summed E-state index contributed by atoms with van der Waals surface area (Å²) in [6.07, 6.45) is 10.1. The smallest absolute Gasteiger partial charge is 0.0592 e. The van der Waals surface area contributed by atoms with Gasteiger partial charge in [-0.25, -0.2) is 0 Å². The molecule has 1 N–H and O–H groups in total. The summed E-state index contributed by atoms with van der Waals surface area (Å²) in [7, 11) is 2.07. The summed E-state index contributed by atoms with van der Waals surface area (Å²) in [5.41, 5.74) is 0. The van der Waals surface area contributed by atoms with Crippen molar-refractivity contribution in [1.29, 1.82) is 0 Å². The summed E-state index contributed by atoms with van der Waals surface area (Å²) in [6.45, 7) is 0.961. The summed E-state index contributed by atoms with van der Waals surface area (Å²) < 4.78 is 5.83. The fourth-order valence-electron chi connectivity index (χ4n) is 2.92. The van der Waals surface area contributed by atoms with E-state index in [9.17, 15) is 0 Å². The Morgan fingerprint density at radius 2 is 2.00 bits per heavy atom. The summed E-state index contributed by atoms with van der Waals surface area (Å²) >= 11 is 0. The molecule has 1 aliphatic carbocycles. The van der Waals surface area contributed by atoms with Crippen molar-refractivity contribution >= 4 is 0 Å². The van der Waals surface area contributed by atoms with E-state index in [1.807, 2.05) is 0 Å². The Kier molecular flexibility index (Phi) is 3.82. The Hall–Kier alpha value is -0.0800. The Balaban J connectivity index is 1.73. The zero-order chi connectivity index (χ0) is 9.80. The molecule has 2 fully saturated rings. The zero-order valence-electron chi connectivity index (χ0n) is 9.30. The van der Waals surface area contributed by atoms with Gasteiger partial charge < -0.3 is 10.1 Å². The second kappa shape index (κ2) is 5.13. The molecule has 1 saturated carbocycles. The van der Waals surface area contributed by atoms with Crippen molar-refractivity contribution in [3.8, 4) is 0 Å². The molecule has 1 saturated heterocycles. The van der Waals surface area contributed by atoms with Gasteiger partial charge >= 0.3 is 0 Å². The SMILES string of the molecule is CNC1CCOC(CC2CCCC2)C1. The third-order valence-electron chi connectivity index (χ3n) is 3.85. The van der Waals surface area contributed by atoms with Crippen LogP contribution in [0.4, 0.5) is 0 Å². The Morgan fingerprint density at radius 1 is 1.21 bits per heavy atom. The molecule has 0 spiro atoms. The minimum atomic E-state index is 0.546. The predicted octanol–water partition coefficient (Wildman–Crippen LogP) is 2.33. The molecule has 2 aliphatic rings. The minimum Gasteiger partial charge on any atom is -0.378 e. The van der Waals surface area contributed by atoms with Crippen LogP contribution in [0.5, 0.6) is 0 Å². The maximum Gasteiger partial charge on any atom is 0.0592 e. The maximum atomic E-state index is 5.83. The van der Waals surface area contributed by atoms with E-state index in [4.69, 9.17) is 4.74 Å². The molecule has 2 nitrogen and oxygen atoms in total. The van der Waals surface area contributed by atoms with Crippen LogP contribution in [0, 0.1) is 5.92 Å². The van der Waals surface area contributed by atoms with E-state index in [-0.39, 0.29) is 0 Å². The third kappa shape index (κ3) is 2.71. The molecule has 2 rings (SSSR count). The van der Waals surface area contributed by atoms with Gasteiger partial charge in [0.05, 0.1) is 6.10 Å². The maximum absolute atomic E-state index is 5.83. The lowest BCUT2D eigenvalue weighted by atomic mass is 9.93. The lowest BCUT2D eigenvalue weighted by Gasteiger charge is -2.30. The van der Waals surface area contributed by atoms with Crippen LogP contribution in [0.15, 0.2) is 0 Å². The van der Waals surface area contributed by atoms with Crippen molar-refractivity contribution in [1.82, 2.24) is 5.32 Å². The Bertz CT molecular complexity index is 166. The van der Waals surface area contributed by atoms with Gasteiger partial charge in [0.15, 0.2) is 0 Å². The van der Waals surface area contributed by atoms with Gasteiger partial charge in [0.2, 0.25) is 0 Å². The molecule has 2 unspecified atom stereocenters. The van der Waals surface area contributed by atoms with Crippen molar-refractivity contribution in [3.05, 3.63) is 0 Å². The van der Waals surface area contributed by atoms with Crippen molar-refractivity contribution < 1.29 is 4.74 Å². The molecule has 0 aromatic carbocycles. The fraction of sp³-hybridized carbons (Fsp3) is 1.00. The van der Waals surface area contributed by atoms with Crippen LogP contribution in [0.2, 0.25) is 0 Å². The predicted molar refractivity (Wildman–Crippen MR) is 58.4 cm³/mol. The fourth-order valence-corrected chi connectivity index (χ4v) is 2.92. The molecule has 2 atom stereocenters. The lowest BCUT2D eigenvalue weighted by molar-refractivity contribution is -0.0101. The van der Waals surface area contributed by atoms with Gasteiger partial charge in [-0.2, -0.15) is 0 Å². The monoisotopic (exact) mass is 197 g/mol. The molecule has 1 aliphatic heterocycles. The average molecular weight is 197 g/mol. The first kappa shape index (κ1) is 10.4. The minimum absolute atomic E-state index is 0.546. The normalized spacial score (nSPS) is 34.9. The first-order valence-corrected chi connectivity index (χ1v) is 6.17. The zero-order valence-corrected chi connectivity index (χ0v) is 9.30. The van der Waals surface area contributed by atoms with Crippen LogP contribution in [-0.2, 0) is 4.74 Å². The molecule has 0 bridgehead atoms. The van der Waals surface area contributed by atoms with Crippen LogP contribution in [0.3, 0.4) is 0 Å². The third-order valence-corrected chi connectivity index (χ3v) is 3.85. The van der Waals surface area contributed by atoms with Crippen molar-refractivity contribution in [2.45, 2.75) is 57.1 Å². The molecule has 1 heterocycles. The summed E-state index contributed by atoms with van der Waals surface area (Å²) in [5.74, 6) is 0.968. The topological polar surface area (TPSA) is 21.3 Å². The van der Waals surface area contributed by atoms with Crippen LogP contribution >= 0.6 is 0 Å². The number of nitrogens with one attached hydrogen (secondary N) is 1. The molecular formula is C12H23NO. The lowest BCUT2D eigenvalue weighted by Crippen LogP contribution is -2.37. The molecule has 0 amide bonds. The second-order valence-electron chi connectivity index (χ2n) is 4.89. The largest absolute Gasteiger partial charge is 0.378 e. The van der Waals surface area contributed by atoms with Crippen LogP contribution < -0.4 is 5.32 Å². The molecule has 0 aromatic rings. The van der Waals surface area contributed by atoms with Crippen LogP contribution in [0.25, 0.3) is 0 Å². The van der Waals surface area contributed by atoms with E-state index in [0.29, 0.717) is 12.1 Å². The highest BCUT2D eigenvalue weighted by atomic mass is 16.5. The van der Waals surface area contributed by atoms with E-state index in [1.54, 1.807) is 0 Å². The highest BCUT2D eigenvalue weighted by molar-refractivity contribution is 4.79. The molecular weight excluding hydrogens is 174 g/mol. The molecule has 0 aromatic heterocycles. The van der Waals surface area contributed by atoms with Crippen molar-refractivity contribution in [3.63, 3.8) is 0 Å². The van der Waals surface area contributed by atoms with Gasteiger partial charge in [0.25, 0.3) is 0 Å². The number of hydrogen-bond donors (Lipinski definition) is 1. The Morgan fingerprint density at radius 3 is 2.71 bits per heavy atom. The van der Waals surface area contributed by atoms with Crippen molar-refractivity contribution in [2.75, 3.05) is 13.7 Å². The first-order valence-electron chi connectivity index (χ1n) is 6.17.